The maximum absolute atomic E-state index is 10.2. The Hall–Kier alpha value is -1.55. The number of hydrogen-bond donors (Lipinski definition) is 4. The van der Waals surface area contributed by atoms with E-state index in [1.165, 1.54) is 18.5 Å². The minimum atomic E-state index is -4.67. The van der Waals surface area contributed by atoms with Crippen molar-refractivity contribution < 1.29 is 32.5 Å². The van der Waals surface area contributed by atoms with Crippen molar-refractivity contribution >= 4 is 16.4 Å². The lowest BCUT2D eigenvalue weighted by Crippen LogP contribution is -2.10. The summed E-state index contributed by atoms with van der Waals surface area (Å²) in [5.74, 6) is -1.27. The summed E-state index contributed by atoms with van der Waals surface area (Å²) in [6, 6.07) is 3.08. The number of pyridine rings is 1. The van der Waals surface area contributed by atoms with E-state index in [-0.39, 0.29) is 0 Å². The first-order chi connectivity index (χ1) is 7.22. The average molecular weight is 251 g/mol. The number of carbonyl (C=O) groups is 1. The number of aliphatic carboxylic acids is 1. The van der Waals surface area contributed by atoms with Crippen LogP contribution in [0.3, 0.4) is 0 Å². The van der Waals surface area contributed by atoms with Crippen LogP contribution in [0.5, 0.6) is 0 Å². The maximum Gasteiger partial charge on any atom is 0.394 e. The van der Waals surface area contributed by atoms with Gasteiger partial charge in [0.2, 0.25) is 0 Å². The summed E-state index contributed by atoms with van der Waals surface area (Å²) in [6.07, 6.45) is 1.36. The Balaban J connectivity index is 0.000000385. The number of carboxylic acids is 1. The minimum Gasteiger partial charge on any atom is -0.479 e. The van der Waals surface area contributed by atoms with Gasteiger partial charge in [-0.25, -0.2) is 4.79 Å². The van der Waals surface area contributed by atoms with Crippen molar-refractivity contribution in [1.82, 2.24) is 4.98 Å². The largest absolute Gasteiger partial charge is 0.479 e. The second-order valence-electron chi connectivity index (χ2n) is 2.47. The van der Waals surface area contributed by atoms with E-state index in [1.807, 2.05) is 0 Å². The van der Waals surface area contributed by atoms with Crippen molar-refractivity contribution in [1.29, 1.82) is 0 Å². The number of nitrogens with zero attached hydrogens (tertiary/aromatic N) is 1. The van der Waals surface area contributed by atoms with E-state index in [2.05, 4.69) is 4.98 Å². The summed E-state index contributed by atoms with van der Waals surface area (Å²) in [7, 11) is -4.67. The van der Waals surface area contributed by atoms with Gasteiger partial charge >= 0.3 is 16.4 Å². The molecular weight excluding hydrogens is 242 g/mol. The van der Waals surface area contributed by atoms with Crippen LogP contribution < -0.4 is 0 Å². The van der Waals surface area contributed by atoms with Crippen molar-refractivity contribution in [2.45, 2.75) is 6.10 Å². The molecule has 0 aliphatic heterocycles. The quantitative estimate of drug-likeness (QED) is 0.517. The Morgan fingerprint density at radius 2 is 1.88 bits per heavy atom. The van der Waals surface area contributed by atoms with Crippen LogP contribution in [-0.4, -0.2) is 38.7 Å². The molecule has 4 N–H and O–H groups in total. The third kappa shape index (κ3) is 7.82. The number of hydrogen-bond acceptors (Lipinski definition) is 5. The molecule has 1 aromatic rings. The zero-order valence-electron chi connectivity index (χ0n) is 7.76. The fraction of sp³-hybridized carbons (Fsp3) is 0.143. The molecule has 0 saturated heterocycles. The molecular formula is C7H9NO7S. The lowest BCUT2D eigenvalue weighted by molar-refractivity contribution is -0.146. The molecule has 0 saturated carbocycles. The Kier molecular flexibility index (Phi) is 5.53. The molecule has 0 radical (unpaired) electrons. The predicted molar refractivity (Wildman–Crippen MR) is 51.0 cm³/mol. The molecule has 8 nitrogen and oxygen atoms in total. The van der Waals surface area contributed by atoms with Crippen LogP contribution in [0.1, 0.15) is 11.7 Å². The van der Waals surface area contributed by atoms with Gasteiger partial charge in [0.25, 0.3) is 0 Å². The molecule has 1 atom stereocenters. The van der Waals surface area contributed by atoms with Crippen molar-refractivity contribution in [3.63, 3.8) is 0 Å². The second-order valence-corrected chi connectivity index (χ2v) is 3.37. The molecule has 0 amide bonds. The average Bonchev–Trinajstić information content (AvgIpc) is 2.15. The summed E-state index contributed by atoms with van der Waals surface area (Å²) >= 11 is 0. The molecule has 1 aromatic heterocycles. The highest BCUT2D eigenvalue weighted by Gasteiger charge is 2.14. The van der Waals surface area contributed by atoms with Crippen molar-refractivity contribution in [2.24, 2.45) is 0 Å². The van der Waals surface area contributed by atoms with E-state index in [4.69, 9.17) is 27.7 Å². The van der Waals surface area contributed by atoms with Crippen LogP contribution in [-0.2, 0) is 15.2 Å². The highest BCUT2D eigenvalue weighted by Crippen LogP contribution is 2.09. The van der Waals surface area contributed by atoms with Gasteiger partial charge in [-0.2, -0.15) is 8.42 Å². The Morgan fingerprint density at radius 3 is 2.19 bits per heavy atom. The Labute approximate surface area is 90.8 Å². The second kappa shape index (κ2) is 6.12. The van der Waals surface area contributed by atoms with E-state index in [1.54, 1.807) is 6.07 Å². The molecule has 0 unspecified atom stereocenters. The molecule has 90 valence electrons. The smallest absolute Gasteiger partial charge is 0.394 e. The first kappa shape index (κ1) is 14.5. The van der Waals surface area contributed by atoms with E-state index in [9.17, 15) is 4.79 Å². The normalized spacial score (nSPS) is 12.2. The fourth-order valence-corrected chi connectivity index (χ4v) is 0.680. The summed E-state index contributed by atoms with van der Waals surface area (Å²) in [4.78, 5) is 13.9. The monoisotopic (exact) mass is 251 g/mol. The third-order valence-electron chi connectivity index (χ3n) is 1.23. The van der Waals surface area contributed by atoms with Crippen LogP contribution in [0, 0.1) is 0 Å². The topological polar surface area (TPSA) is 145 Å². The molecule has 1 rings (SSSR count). The van der Waals surface area contributed by atoms with Crippen molar-refractivity contribution in [3.05, 3.63) is 30.1 Å². The van der Waals surface area contributed by atoms with Gasteiger partial charge < -0.3 is 10.2 Å². The third-order valence-corrected chi connectivity index (χ3v) is 1.23. The van der Waals surface area contributed by atoms with Crippen LogP contribution >= 0.6 is 0 Å². The van der Waals surface area contributed by atoms with Crippen LogP contribution in [0.25, 0.3) is 0 Å². The number of aromatic nitrogens is 1. The zero-order valence-corrected chi connectivity index (χ0v) is 8.57. The summed E-state index contributed by atoms with van der Waals surface area (Å²) in [6.45, 7) is 0. The van der Waals surface area contributed by atoms with E-state index in [0.29, 0.717) is 5.56 Å². The number of aliphatic hydroxyl groups excluding tert-OH is 1. The highest BCUT2D eigenvalue weighted by atomic mass is 32.3. The lowest BCUT2D eigenvalue weighted by Gasteiger charge is -2.02. The van der Waals surface area contributed by atoms with Gasteiger partial charge in [0.05, 0.1) is 0 Å². The number of rotatable bonds is 2. The van der Waals surface area contributed by atoms with E-state index < -0.39 is 22.5 Å². The highest BCUT2D eigenvalue weighted by molar-refractivity contribution is 7.79. The Bertz CT molecular complexity index is 421. The summed E-state index contributed by atoms with van der Waals surface area (Å²) in [5, 5.41) is 17.3. The first-order valence-electron chi connectivity index (χ1n) is 3.72. The van der Waals surface area contributed by atoms with Gasteiger partial charge in [-0.1, -0.05) is 6.07 Å². The molecule has 9 heteroatoms. The van der Waals surface area contributed by atoms with Crippen molar-refractivity contribution in [3.8, 4) is 0 Å². The standard InChI is InChI=1S/C7H7NO3.H2O4S/c9-6(7(10)11)5-2-1-3-8-4-5;1-5(2,3)4/h1-4,6,9H,(H,10,11);(H2,1,2,3,4)/t6-;/m1./s1. The van der Waals surface area contributed by atoms with Gasteiger partial charge in [0.1, 0.15) is 0 Å². The van der Waals surface area contributed by atoms with Gasteiger partial charge in [0.15, 0.2) is 6.10 Å². The van der Waals surface area contributed by atoms with Gasteiger partial charge in [-0.15, -0.1) is 0 Å². The Morgan fingerprint density at radius 1 is 1.38 bits per heavy atom. The molecule has 0 aromatic carbocycles. The fourth-order valence-electron chi connectivity index (χ4n) is 0.680. The van der Waals surface area contributed by atoms with E-state index >= 15 is 0 Å². The number of carboxylic acid groups (broad SMARTS) is 1. The zero-order chi connectivity index (χ0) is 12.8. The summed E-state index contributed by atoms with van der Waals surface area (Å²) < 4.78 is 31.6. The first-order valence-corrected chi connectivity index (χ1v) is 5.12. The van der Waals surface area contributed by atoms with Gasteiger partial charge in [0, 0.05) is 18.0 Å². The lowest BCUT2D eigenvalue weighted by atomic mass is 10.2. The molecule has 0 bridgehead atoms. The molecule has 0 spiro atoms. The molecule has 0 fully saturated rings. The number of aliphatic hydroxyl groups is 1. The van der Waals surface area contributed by atoms with Crippen molar-refractivity contribution in [2.75, 3.05) is 0 Å². The molecule has 0 aliphatic rings. The van der Waals surface area contributed by atoms with Gasteiger partial charge in [-0.05, 0) is 6.07 Å². The van der Waals surface area contributed by atoms with Crippen LogP contribution in [0.2, 0.25) is 0 Å². The maximum atomic E-state index is 10.2. The van der Waals surface area contributed by atoms with E-state index in [0.717, 1.165) is 0 Å². The molecule has 16 heavy (non-hydrogen) atoms. The predicted octanol–water partition coefficient (Wildman–Crippen LogP) is -0.453. The minimum absolute atomic E-state index is 0.292. The van der Waals surface area contributed by atoms with Gasteiger partial charge in [-0.3, -0.25) is 14.1 Å². The molecule has 1 heterocycles. The SMILES string of the molecule is O=C(O)[C@H](O)c1cccnc1.O=S(=O)(O)O. The van der Waals surface area contributed by atoms with Crippen LogP contribution in [0.4, 0.5) is 0 Å². The van der Waals surface area contributed by atoms with Crippen LogP contribution in [0.15, 0.2) is 24.5 Å². The molecule has 0 aliphatic carbocycles. The summed E-state index contributed by atoms with van der Waals surface area (Å²) in [5.41, 5.74) is 0.292.